The molecule has 1 aromatic heterocycles. The molecule has 5 nitrogen and oxygen atoms in total. The summed E-state index contributed by atoms with van der Waals surface area (Å²) in [5.41, 5.74) is 5.26. The van der Waals surface area contributed by atoms with Crippen molar-refractivity contribution < 1.29 is 4.74 Å². The molecule has 2 aromatic rings. The number of nitrogens with two attached hydrogens (primary N) is 1. The number of benzene rings is 1. The van der Waals surface area contributed by atoms with E-state index in [9.17, 15) is 0 Å². The van der Waals surface area contributed by atoms with E-state index in [2.05, 4.69) is 29.6 Å². The van der Waals surface area contributed by atoms with E-state index in [1.165, 1.54) is 5.56 Å². The first kappa shape index (κ1) is 15.5. The third-order valence-corrected chi connectivity index (χ3v) is 3.41. The third kappa shape index (κ3) is 4.58. The van der Waals surface area contributed by atoms with Gasteiger partial charge in [-0.3, -0.25) is 16.0 Å². The number of hydrogen-bond donors (Lipinski definition) is 2. The van der Waals surface area contributed by atoms with Crippen LogP contribution in [0.3, 0.4) is 0 Å². The standard InChI is InChI=1S/C16H24N4O/c1-3-9-21-15-6-4-5-14(10-15)16(19-17)8-7-13-11-18-20(2)12-13/h4-6,10-12,16,19H,3,7-9,17H2,1-2H3. The van der Waals surface area contributed by atoms with Gasteiger partial charge in [0.05, 0.1) is 12.8 Å². The molecule has 0 spiro atoms. The van der Waals surface area contributed by atoms with Crippen LogP contribution in [0.5, 0.6) is 5.75 Å². The zero-order valence-corrected chi connectivity index (χ0v) is 12.7. The quantitative estimate of drug-likeness (QED) is 0.578. The monoisotopic (exact) mass is 288 g/mol. The van der Waals surface area contributed by atoms with Crippen molar-refractivity contribution in [1.29, 1.82) is 0 Å². The fourth-order valence-electron chi connectivity index (χ4n) is 2.30. The molecule has 0 bridgehead atoms. The second-order valence-corrected chi connectivity index (χ2v) is 5.20. The maximum Gasteiger partial charge on any atom is 0.119 e. The summed E-state index contributed by atoms with van der Waals surface area (Å²) >= 11 is 0. The summed E-state index contributed by atoms with van der Waals surface area (Å²) in [4.78, 5) is 0. The Hall–Kier alpha value is -1.85. The van der Waals surface area contributed by atoms with E-state index >= 15 is 0 Å². The van der Waals surface area contributed by atoms with Crippen LogP contribution in [-0.4, -0.2) is 16.4 Å². The van der Waals surface area contributed by atoms with Crippen molar-refractivity contribution in [1.82, 2.24) is 15.2 Å². The SMILES string of the molecule is CCCOc1cccc(C(CCc2cnn(C)c2)NN)c1. The van der Waals surface area contributed by atoms with Gasteiger partial charge in [0.1, 0.15) is 5.75 Å². The lowest BCUT2D eigenvalue weighted by atomic mass is 10.0. The van der Waals surface area contributed by atoms with Gasteiger partial charge in [-0.25, -0.2) is 0 Å². The van der Waals surface area contributed by atoms with E-state index in [1.807, 2.05) is 36.3 Å². The average molecular weight is 288 g/mol. The Morgan fingerprint density at radius 2 is 2.29 bits per heavy atom. The second-order valence-electron chi connectivity index (χ2n) is 5.20. The highest BCUT2D eigenvalue weighted by atomic mass is 16.5. The molecule has 1 heterocycles. The zero-order chi connectivity index (χ0) is 15.1. The van der Waals surface area contributed by atoms with Crippen molar-refractivity contribution >= 4 is 0 Å². The lowest BCUT2D eigenvalue weighted by Crippen LogP contribution is -2.28. The van der Waals surface area contributed by atoms with Crippen LogP contribution < -0.4 is 16.0 Å². The first-order valence-corrected chi connectivity index (χ1v) is 7.39. The number of rotatable bonds is 8. The molecule has 0 radical (unpaired) electrons. The number of nitrogens with zero attached hydrogens (tertiary/aromatic N) is 2. The van der Waals surface area contributed by atoms with E-state index in [-0.39, 0.29) is 6.04 Å². The number of aromatic nitrogens is 2. The van der Waals surface area contributed by atoms with Crippen molar-refractivity contribution in [2.45, 2.75) is 32.2 Å². The molecular weight excluding hydrogens is 264 g/mol. The Morgan fingerprint density at radius 3 is 2.95 bits per heavy atom. The molecule has 1 unspecified atom stereocenters. The fraction of sp³-hybridized carbons (Fsp3) is 0.438. The minimum Gasteiger partial charge on any atom is -0.494 e. The van der Waals surface area contributed by atoms with Crippen molar-refractivity contribution in [2.24, 2.45) is 12.9 Å². The largest absolute Gasteiger partial charge is 0.494 e. The molecule has 5 heteroatoms. The Labute approximate surface area is 126 Å². The number of nitrogens with one attached hydrogen (secondary N) is 1. The molecule has 114 valence electrons. The molecule has 0 saturated heterocycles. The van der Waals surface area contributed by atoms with Crippen LogP contribution in [0.2, 0.25) is 0 Å². The number of aryl methyl sites for hydroxylation is 2. The average Bonchev–Trinajstić information content (AvgIpc) is 2.92. The van der Waals surface area contributed by atoms with Gasteiger partial charge < -0.3 is 4.74 Å². The molecule has 0 amide bonds. The van der Waals surface area contributed by atoms with E-state index < -0.39 is 0 Å². The molecular formula is C16H24N4O. The van der Waals surface area contributed by atoms with Crippen LogP contribution in [0.4, 0.5) is 0 Å². The molecule has 0 fully saturated rings. The molecule has 0 saturated carbocycles. The molecule has 21 heavy (non-hydrogen) atoms. The minimum atomic E-state index is 0.107. The highest BCUT2D eigenvalue weighted by molar-refractivity contribution is 5.30. The van der Waals surface area contributed by atoms with Crippen molar-refractivity contribution in [3.63, 3.8) is 0 Å². The zero-order valence-electron chi connectivity index (χ0n) is 12.7. The van der Waals surface area contributed by atoms with Gasteiger partial charge in [-0.15, -0.1) is 0 Å². The summed E-state index contributed by atoms with van der Waals surface area (Å²) in [6.45, 7) is 2.84. The third-order valence-electron chi connectivity index (χ3n) is 3.41. The van der Waals surface area contributed by atoms with Gasteiger partial charge in [-0.05, 0) is 42.5 Å². The van der Waals surface area contributed by atoms with Crippen LogP contribution in [0.15, 0.2) is 36.7 Å². The van der Waals surface area contributed by atoms with E-state index in [0.29, 0.717) is 0 Å². The Bertz CT molecular complexity index is 553. The van der Waals surface area contributed by atoms with Gasteiger partial charge in [0.25, 0.3) is 0 Å². The van der Waals surface area contributed by atoms with Gasteiger partial charge in [0.15, 0.2) is 0 Å². The van der Waals surface area contributed by atoms with Crippen LogP contribution in [0.1, 0.15) is 36.9 Å². The maximum atomic E-state index is 5.71. The van der Waals surface area contributed by atoms with Gasteiger partial charge in [0, 0.05) is 19.3 Å². The molecule has 2 rings (SSSR count). The summed E-state index contributed by atoms with van der Waals surface area (Å²) in [5.74, 6) is 6.61. The molecule has 3 N–H and O–H groups in total. The van der Waals surface area contributed by atoms with E-state index in [4.69, 9.17) is 10.6 Å². The van der Waals surface area contributed by atoms with Crippen molar-refractivity contribution in [3.05, 3.63) is 47.8 Å². The highest BCUT2D eigenvalue weighted by Crippen LogP contribution is 2.22. The molecule has 0 aliphatic heterocycles. The number of hydrazine groups is 1. The van der Waals surface area contributed by atoms with Gasteiger partial charge in [0.2, 0.25) is 0 Å². The van der Waals surface area contributed by atoms with Gasteiger partial charge in [-0.1, -0.05) is 19.1 Å². The Morgan fingerprint density at radius 1 is 1.43 bits per heavy atom. The number of hydrogen-bond acceptors (Lipinski definition) is 4. The minimum absolute atomic E-state index is 0.107. The van der Waals surface area contributed by atoms with Crippen LogP contribution >= 0.6 is 0 Å². The predicted octanol–water partition coefficient (Wildman–Crippen LogP) is 2.35. The summed E-state index contributed by atoms with van der Waals surface area (Å²) in [5, 5.41) is 4.19. The fourth-order valence-corrected chi connectivity index (χ4v) is 2.30. The van der Waals surface area contributed by atoms with Crippen molar-refractivity contribution in [2.75, 3.05) is 6.61 Å². The second kappa shape index (κ2) is 7.81. The summed E-state index contributed by atoms with van der Waals surface area (Å²) < 4.78 is 7.49. The smallest absolute Gasteiger partial charge is 0.119 e. The summed E-state index contributed by atoms with van der Waals surface area (Å²) in [6.07, 6.45) is 6.79. The highest BCUT2D eigenvalue weighted by Gasteiger charge is 2.11. The molecule has 0 aliphatic carbocycles. The lowest BCUT2D eigenvalue weighted by molar-refractivity contribution is 0.316. The van der Waals surface area contributed by atoms with Crippen LogP contribution in [0.25, 0.3) is 0 Å². The van der Waals surface area contributed by atoms with Crippen molar-refractivity contribution in [3.8, 4) is 5.75 Å². The molecule has 0 aliphatic rings. The molecule has 1 aromatic carbocycles. The summed E-state index contributed by atoms with van der Waals surface area (Å²) in [6, 6.07) is 8.23. The first-order chi connectivity index (χ1) is 10.2. The van der Waals surface area contributed by atoms with Gasteiger partial charge in [-0.2, -0.15) is 5.10 Å². The lowest BCUT2D eigenvalue weighted by Gasteiger charge is -2.17. The summed E-state index contributed by atoms with van der Waals surface area (Å²) in [7, 11) is 1.93. The topological polar surface area (TPSA) is 65.1 Å². The Balaban J connectivity index is 1.99. The first-order valence-electron chi connectivity index (χ1n) is 7.39. The van der Waals surface area contributed by atoms with Gasteiger partial charge >= 0.3 is 0 Å². The number of ether oxygens (including phenoxy) is 1. The maximum absolute atomic E-state index is 5.71. The predicted molar refractivity (Wildman–Crippen MR) is 83.8 cm³/mol. The molecule has 1 atom stereocenters. The normalized spacial score (nSPS) is 12.3. The van der Waals surface area contributed by atoms with Crippen LogP contribution in [0, 0.1) is 0 Å². The van der Waals surface area contributed by atoms with E-state index in [0.717, 1.165) is 37.2 Å². The Kier molecular flexibility index (Phi) is 5.78. The van der Waals surface area contributed by atoms with E-state index in [1.54, 1.807) is 0 Å². The van der Waals surface area contributed by atoms with Crippen LogP contribution in [-0.2, 0) is 13.5 Å².